The van der Waals surface area contributed by atoms with Gasteiger partial charge in [-0.2, -0.15) is 5.10 Å². The summed E-state index contributed by atoms with van der Waals surface area (Å²) in [5.41, 5.74) is 4.16. The average Bonchev–Trinajstić information content (AvgIpc) is 3.05. The van der Waals surface area contributed by atoms with Crippen LogP contribution in [0.25, 0.3) is 0 Å². The highest BCUT2D eigenvalue weighted by atomic mass is 16.5. The molecule has 0 saturated heterocycles. The highest BCUT2D eigenvalue weighted by molar-refractivity contribution is 5.98. The lowest BCUT2D eigenvalue weighted by Crippen LogP contribution is -2.43. The number of amides is 2. The largest absolute Gasteiger partial charge is 0.493 e. The van der Waals surface area contributed by atoms with Crippen LogP contribution in [-0.4, -0.2) is 48.3 Å². The van der Waals surface area contributed by atoms with Gasteiger partial charge in [0.1, 0.15) is 11.7 Å². The first-order chi connectivity index (χ1) is 12.5. The number of carbonyl (C=O) groups excluding carboxylic acids is 2. The maximum Gasteiger partial charge on any atom is 0.262 e. The first kappa shape index (κ1) is 19.0. The third kappa shape index (κ3) is 4.59. The molecule has 1 atom stereocenters. The lowest BCUT2D eigenvalue weighted by Gasteiger charge is -2.13. The van der Waals surface area contributed by atoms with Crippen LogP contribution in [0.3, 0.4) is 0 Å². The summed E-state index contributed by atoms with van der Waals surface area (Å²) in [6.07, 6.45) is 2.96. The number of rotatable bonds is 7. The molecule has 0 saturated carbocycles. The van der Waals surface area contributed by atoms with Gasteiger partial charge in [-0.3, -0.25) is 9.59 Å². The number of imidazole rings is 1. The SMILES string of the molecule is COc1ccc(C(=O)NC(C)C(=O)NN=Cc2nc[nH]c2C)cc1OC. The third-order valence-electron chi connectivity index (χ3n) is 3.62. The first-order valence-corrected chi connectivity index (χ1v) is 7.82. The Labute approximate surface area is 150 Å². The van der Waals surface area contributed by atoms with Crippen LogP contribution in [0.1, 0.15) is 28.7 Å². The van der Waals surface area contributed by atoms with Gasteiger partial charge in [0.05, 0.1) is 26.8 Å². The number of ether oxygens (including phenoxy) is 2. The topological polar surface area (TPSA) is 118 Å². The van der Waals surface area contributed by atoms with E-state index in [2.05, 4.69) is 25.8 Å². The molecule has 0 fully saturated rings. The normalized spacial score (nSPS) is 11.8. The number of carbonyl (C=O) groups is 2. The number of nitrogens with zero attached hydrogens (tertiary/aromatic N) is 2. The van der Waals surface area contributed by atoms with Crippen molar-refractivity contribution in [3.05, 3.63) is 41.5 Å². The van der Waals surface area contributed by atoms with Gasteiger partial charge < -0.3 is 19.8 Å². The number of hydrogen-bond donors (Lipinski definition) is 3. The van der Waals surface area contributed by atoms with E-state index in [9.17, 15) is 9.59 Å². The van der Waals surface area contributed by atoms with Crippen molar-refractivity contribution in [2.24, 2.45) is 5.10 Å². The van der Waals surface area contributed by atoms with Crippen LogP contribution in [0.4, 0.5) is 0 Å². The van der Waals surface area contributed by atoms with Crippen LogP contribution in [0, 0.1) is 6.92 Å². The van der Waals surface area contributed by atoms with Gasteiger partial charge in [0.15, 0.2) is 11.5 Å². The van der Waals surface area contributed by atoms with Gasteiger partial charge in [0, 0.05) is 11.3 Å². The van der Waals surface area contributed by atoms with E-state index in [0.29, 0.717) is 22.8 Å². The summed E-state index contributed by atoms with van der Waals surface area (Å²) in [6, 6.07) is 3.96. The van der Waals surface area contributed by atoms with Crippen LogP contribution < -0.4 is 20.2 Å². The Kier molecular flexibility index (Phi) is 6.31. The maximum absolute atomic E-state index is 12.3. The van der Waals surface area contributed by atoms with Crippen LogP contribution in [0.2, 0.25) is 0 Å². The fourth-order valence-corrected chi connectivity index (χ4v) is 2.08. The van der Waals surface area contributed by atoms with Crippen LogP contribution in [0.5, 0.6) is 11.5 Å². The Morgan fingerprint density at radius 1 is 1.27 bits per heavy atom. The van der Waals surface area contributed by atoms with E-state index in [1.54, 1.807) is 19.1 Å². The summed E-state index contributed by atoms with van der Waals surface area (Å²) in [5, 5.41) is 6.43. The Bertz CT molecular complexity index is 815. The quantitative estimate of drug-likeness (QED) is 0.504. The fourth-order valence-electron chi connectivity index (χ4n) is 2.08. The van der Waals surface area contributed by atoms with E-state index >= 15 is 0 Å². The molecule has 0 spiro atoms. The van der Waals surface area contributed by atoms with Gasteiger partial charge >= 0.3 is 0 Å². The fraction of sp³-hybridized carbons (Fsp3) is 0.294. The summed E-state index contributed by atoms with van der Waals surface area (Å²) < 4.78 is 10.3. The molecule has 138 valence electrons. The minimum absolute atomic E-state index is 0.345. The highest BCUT2D eigenvalue weighted by Crippen LogP contribution is 2.27. The first-order valence-electron chi connectivity index (χ1n) is 7.82. The van der Waals surface area contributed by atoms with Crippen LogP contribution >= 0.6 is 0 Å². The molecule has 9 nitrogen and oxygen atoms in total. The minimum atomic E-state index is -0.784. The van der Waals surface area contributed by atoms with Gasteiger partial charge in [0.2, 0.25) is 0 Å². The zero-order valence-electron chi connectivity index (χ0n) is 15.0. The number of benzene rings is 1. The second-order valence-corrected chi connectivity index (χ2v) is 5.41. The smallest absolute Gasteiger partial charge is 0.262 e. The van der Waals surface area contributed by atoms with Gasteiger partial charge in [-0.15, -0.1) is 0 Å². The van der Waals surface area contributed by atoms with Crippen molar-refractivity contribution in [3.8, 4) is 11.5 Å². The van der Waals surface area contributed by atoms with Gasteiger partial charge in [0.25, 0.3) is 11.8 Å². The maximum atomic E-state index is 12.3. The highest BCUT2D eigenvalue weighted by Gasteiger charge is 2.17. The third-order valence-corrected chi connectivity index (χ3v) is 3.62. The summed E-state index contributed by atoms with van der Waals surface area (Å²) in [7, 11) is 2.99. The predicted molar refractivity (Wildman–Crippen MR) is 95.5 cm³/mol. The van der Waals surface area contributed by atoms with Gasteiger partial charge in [-0.1, -0.05) is 0 Å². The van der Waals surface area contributed by atoms with Gasteiger partial charge in [-0.05, 0) is 32.0 Å². The number of hydrazone groups is 1. The monoisotopic (exact) mass is 359 g/mol. The van der Waals surface area contributed by atoms with E-state index in [-0.39, 0.29) is 0 Å². The summed E-state index contributed by atoms with van der Waals surface area (Å²) in [5.74, 6) is 0.0676. The molecule has 1 aromatic heterocycles. The molecule has 9 heteroatoms. The molecule has 2 rings (SSSR count). The standard InChI is InChI=1S/C17H21N5O4/c1-10-13(19-9-18-10)8-20-22-16(23)11(2)21-17(24)12-5-6-14(25-3)15(7-12)26-4/h5-9,11H,1-4H3,(H,18,19)(H,21,24)(H,22,23). The van der Waals surface area contributed by atoms with E-state index < -0.39 is 17.9 Å². The zero-order chi connectivity index (χ0) is 19.1. The molecule has 0 aliphatic rings. The van der Waals surface area contributed by atoms with Crippen molar-refractivity contribution in [2.45, 2.75) is 19.9 Å². The second-order valence-electron chi connectivity index (χ2n) is 5.41. The number of H-pyrrole nitrogens is 1. The molecule has 0 aliphatic heterocycles. The molecule has 0 bridgehead atoms. The zero-order valence-corrected chi connectivity index (χ0v) is 15.0. The number of aromatic amines is 1. The predicted octanol–water partition coefficient (Wildman–Crippen LogP) is 1.00. The van der Waals surface area contributed by atoms with Crippen molar-refractivity contribution in [3.63, 3.8) is 0 Å². The molecule has 0 aliphatic carbocycles. The Balaban J connectivity index is 1.94. The number of hydrogen-bond acceptors (Lipinski definition) is 6. The number of nitrogens with one attached hydrogen (secondary N) is 3. The number of aryl methyl sites for hydroxylation is 1. The second kappa shape index (κ2) is 8.65. The Morgan fingerprint density at radius 2 is 2.00 bits per heavy atom. The number of aromatic nitrogens is 2. The molecule has 0 radical (unpaired) electrons. The average molecular weight is 359 g/mol. The van der Waals surface area contributed by atoms with Crippen LogP contribution in [-0.2, 0) is 4.79 Å². The molecule has 1 aromatic carbocycles. The molecule has 26 heavy (non-hydrogen) atoms. The summed E-state index contributed by atoms with van der Waals surface area (Å²) >= 11 is 0. The molecule has 1 unspecified atom stereocenters. The van der Waals surface area contributed by atoms with Crippen molar-refractivity contribution in [2.75, 3.05) is 14.2 Å². The summed E-state index contributed by atoms with van der Waals surface area (Å²) in [6.45, 7) is 3.39. The van der Waals surface area contributed by atoms with Crippen LogP contribution in [0.15, 0.2) is 29.6 Å². The van der Waals surface area contributed by atoms with Crippen molar-refractivity contribution >= 4 is 18.0 Å². The van der Waals surface area contributed by atoms with E-state index in [1.165, 1.54) is 32.8 Å². The number of methoxy groups -OCH3 is 2. The van der Waals surface area contributed by atoms with Crippen molar-refractivity contribution in [1.82, 2.24) is 20.7 Å². The van der Waals surface area contributed by atoms with Gasteiger partial charge in [-0.25, -0.2) is 10.4 Å². The van der Waals surface area contributed by atoms with E-state index in [1.807, 2.05) is 6.92 Å². The van der Waals surface area contributed by atoms with E-state index in [0.717, 1.165) is 5.69 Å². The molecule has 3 N–H and O–H groups in total. The Morgan fingerprint density at radius 3 is 2.62 bits per heavy atom. The van der Waals surface area contributed by atoms with Crippen molar-refractivity contribution < 1.29 is 19.1 Å². The summed E-state index contributed by atoms with van der Waals surface area (Å²) in [4.78, 5) is 31.3. The Hall–Kier alpha value is -3.36. The molecule has 2 amide bonds. The molecule has 2 aromatic rings. The minimum Gasteiger partial charge on any atom is -0.493 e. The van der Waals surface area contributed by atoms with E-state index in [4.69, 9.17) is 9.47 Å². The molecular weight excluding hydrogens is 338 g/mol. The molecule has 1 heterocycles. The van der Waals surface area contributed by atoms with Crippen molar-refractivity contribution in [1.29, 1.82) is 0 Å². The lowest BCUT2D eigenvalue weighted by atomic mass is 10.1. The molecular formula is C17H21N5O4. The lowest BCUT2D eigenvalue weighted by molar-refractivity contribution is -0.122.